The maximum atomic E-state index is 12.1. The Balaban J connectivity index is 2.03. The molecule has 12 nitrogen and oxygen atoms in total. The Morgan fingerprint density at radius 2 is 1.79 bits per heavy atom. The van der Waals surface area contributed by atoms with Crippen LogP contribution in [0.1, 0.15) is 24.1 Å². The van der Waals surface area contributed by atoms with Crippen molar-refractivity contribution in [2.45, 2.75) is 24.8 Å². The summed E-state index contributed by atoms with van der Waals surface area (Å²) in [7, 11) is 0. The summed E-state index contributed by atoms with van der Waals surface area (Å²) in [5.41, 5.74) is 6.41. The number of amidine groups is 1. The summed E-state index contributed by atoms with van der Waals surface area (Å²) in [5.74, 6) is -8.33. The SMILES string of the molecule is CC(NC(=O)Nc1cc(N)c(C(=N)NC(O)(O)C(O)(O)O)cn1)c1ccccc1. The number of benzene rings is 1. The molecule has 1 aromatic carbocycles. The van der Waals surface area contributed by atoms with E-state index in [4.69, 9.17) is 26.5 Å². The molecule has 2 amide bonds. The zero-order valence-electron chi connectivity index (χ0n) is 15.3. The van der Waals surface area contributed by atoms with Crippen molar-refractivity contribution in [3.63, 3.8) is 0 Å². The van der Waals surface area contributed by atoms with Crippen LogP contribution in [-0.4, -0.2) is 54.3 Å². The maximum Gasteiger partial charge on any atom is 0.355 e. The predicted octanol–water partition coefficient (Wildman–Crippen LogP) is -1.27. The van der Waals surface area contributed by atoms with E-state index in [0.29, 0.717) is 0 Å². The Hall–Kier alpha value is -3.29. The Morgan fingerprint density at radius 3 is 2.34 bits per heavy atom. The van der Waals surface area contributed by atoms with Crippen molar-refractivity contribution in [3.8, 4) is 0 Å². The van der Waals surface area contributed by atoms with Crippen LogP contribution in [-0.2, 0) is 0 Å². The van der Waals surface area contributed by atoms with E-state index in [1.807, 2.05) is 30.3 Å². The Morgan fingerprint density at radius 1 is 1.17 bits per heavy atom. The molecule has 0 fully saturated rings. The molecule has 0 radical (unpaired) electrons. The molecule has 0 aliphatic heterocycles. The first-order valence-corrected chi connectivity index (χ1v) is 8.27. The third-order valence-electron chi connectivity index (χ3n) is 3.86. The van der Waals surface area contributed by atoms with Gasteiger partial charge in [-0.15, -0.1) is 0 Å². The average molecular weight is 406 g/mol. The molecule has 0 saturated heterocycles. The van der Waals surface area contributed by atoms with Crippen LogP contribution in [0.2, 0.25) is 0 Å². The van der Waals surface area contributed by atoms with Crippen LogP contribution in [0.3, 0.4) is 0 Å². The fourth-order valence-electron chi connectivity index (χ4n) is 2.25. The van der Waals surface area contributed by atoms with E-state index in [2.05, 4.69) is 15.6 Å². The largest absolute Gasteiger partial charge is 0.398 e. The summed E-state index contributed by atoms with van der Waals surface area (Å²) in [6.45, 7) is 1.80. The lowest BCUT2D eigenvalue weighted by Gasteiger charge is -2.31. The number of hydrogen-bond acceptors (Lipinski definition) is 9. The molecule has 0 spiro atoms. The topological polar surface area (TPSA) is 217 Å². The van der Waals surface area contributed by atoms with Gasteiger partial charge in [0, 0.05) is 18.0 Å². The second kappa shape index (κ2) is 8.38. The Kier molecular flexibility index (Phi) is 6.36. The Labute approximate surface area is 165 Å². The van der Waals surface area contributed by atoms with Gasteiger partial charge in [-0.25, -0.2) is 9.78 Å². The van der Waals surface area contributed by atoms with Gasteiger partial charge in [-0.3, -0.25) is 10.7 Å². The zero-order chi connectivity index (χ0) is 21.8. The number of hydrogen-bond donors (Lipinski definition) is 10. The van der Waals surface area contributed by atoms with Gasteiger partial charge >= 0.3 is 17.9 Å². The van der Waals surface area contributed by atoms with Gasteiger partial charge in [0.05, 0.1) is 11.6 Å². The van der Waals surface area contributed by atoms with Gasteiger partial charge < -0.3 is 41.9 Å². The number of urea groups is 1. The minimum atomic E-state index is -3.95. The van der Waals surface area contributed by atoms with E-state index in [1.54, 1.807) is 12.2 Å². The molecule has 11 N–H and O–H groups in total. The molecule has 0 bridgehead atoms. The van der Waals surface area contributed by atoms with Gasteiger partial charge in [0.1, 0.15) is 11.7 Å². The van der Waals surface area contributed by atoms with Crippen LogP contribution in [0.5, 0.6) is 0 Å². The standard InChI is InChI=1S/C17H22N6O6/c1-9(10-5-3-2-4-6-10)21-15(24)22-13-7-12(18)11(8-20-13)14(19)23-16(25,26)17(27,28)29/h2-9,25-29H,1H3,(H2,19,23)(H4,18,20,21,22,24). The summed E-state index contributed by atoms with van der Waals surface area (Å²) in [6.07, 6.45) is 1.03. The minimum absolute atomic E-state index is 0.0527. The Bertz CT molecular complexity index is 884. The van der Waals surface area contributed by atoms with Gasteiger partial charge in [0.25, 0.3) is 0 Å². The lowest BCUT2D eigenvalue weighted by Crippen LogP contribution is -2.64. The fourth-order valence-corrected chi connectivity index (χ4v) is 2.25. The number of nitrogen functional groups attached to an aromatic ring is 1. The second-order valence-corrected chi connectivity index (χ2v) is 6.20. The molecular formula is C17H22N6O6. The number of aromatic nitrogens is 1. The lowest BCUT2D eigenvalue weighted by atomic mass is 10.1. The van der Waals surface area contributed by atoms with Crippen molar-refractivity contribution in [2.75, 3.05) is 11.1 Å². The van der Waals surface area contributed by atoms with Gasteiger partial charge in [-0.05, 0) is 12.5 Å². The van der Waals surface area contributed by atoms with Gasteiger partial charge in [0.2, 0.25) is 0 Å². The summed E-state index contributed by atoms with van der Waals surface area (Å²) in [5, 5.41) is 59.8. The number of carbonyl (C=O) groups excluding carboxylic acids is 1. The first-order valence-electron chi connectivity index (χ1n) is 8.27. The van der Waals surface area contributed by atoms with Crippen molar-refractivity contribution >= 4 is 23.4 Å². The van der Waals surface area contributed by atoms with Gasteiger partial charge in [-0.1, -0.05) is 30.3 Å². The highest BCUT2D eigenvalue weighted by Gasteiger charge is 2.47. The van der Waals surface area contributed by atoms with E-state index in [0.717, 1.165) is 11.8 Å². The number of nitrogens with zero attached hydrogens (tertiary/aromatic N) is 1. The quantitative estimate of drug-likeness (QED) is 0.157. The van der Waals surface area contributed by atoms with E-state index in [9.17, 15) is 15.0 Å². The number of rotatable bonds is 6. The number of aliphatic hydroxyl groups is 5. The molecule has 12 heteroatoms. The molecule has 0 saturated carbocycles. The number of pyridine rings is 1. The van der Waals surface area contributed by atoms with E-state index >= 15 is 0 Å². The van der Waals surface area contributed by atoms with Crippen molar-refractivity contribution < 1.29 is 30.3 Å². The van der Waals surface area contributed by atoms with Crippen LogP contribution >= 0.6 is 0 Å². The van der Waals surface area contributed by atoms with Crippen LogP contribution < -0.4 is 21.7 Å². The average Bonchev–Trinajstić information content (AvgIpc) is 2.61. The molecule has 1 heterocycles. The smallest absolute Gasteiger partial charge is 0.355 e. The molecule has 29 heavy (non-hydrogen) atoms. The summed E-state index contributed by atoms with van der Waals surface area (Å²) >= 11 is 0. The predicted molar refractivity (Wildman–Crippen MR) is 102 cm³/mol. The van der Waals surface area contributed by atoms with Gasteiger partial charge in [0.15, 0.2) is 0 Å². The zero-order valence-corrected chi connectivity index (χ0v) is 15.3. The second-order valence-electron chi connectivity index (χ2n) is 6.20. The third kappa shape index (κ3) is 5.60. The van der Waals surface area contributed by atoms with Crippen LogP contribution in [0.25, 0.3) is 0 Å². The molecular weight excluding hydrogens is 384 g/mol. The molecule has 1 unspecified atom stereocenters. The summed E-state index contributed by atoms with van der Waals surface area (Å²) in [6, 6.07) is 9.64. The van der Waals surface area contributed by atoms with Gasteiger partial charge in [-0.2, -0.15) is 0 Å². The van der Waals surface area contributed by atoms with Crippen LogP contribution in [0, 0.1) is 5.41 Å². The molecule has 0 aliphatic rings. The van der Waals surface area contributed by atoms with E-state index < -0.39 is 23.8 Å². The maximum absolute atomic E-state index is 12.1. The monoisotopic (exact) mass is 406 g/mol. The van der Waals surface area contributed by atoms with Crippen molar-refractivity contribution in [1.29, 1.82) is 5.41 Å². The summed E-state index contributed by atoms with van der Waals surface area (Å²) < 4.78 is 0. The minimum Gasteiger partial charge on any atom is -0.398 e. The third-order valence-corrected chi connectivity index (χ3v) is 3.86. The molecule has 1 aromatic heterocycles. The fraction of sp³-hybridized carbons (Fsp3) is 0.235. The first kappa shape index (κ1) is 22.0. The number of anilines is 2. The highest BCUT2D eigenvalue weighted by molar-refractivity contribution is 6.01. The highest BCUT2D eigenvalue weighted by atomic mass is 16.7. The van der Waals surface area contributed by atoms with Crippen molar-refractivity contribution in [1.82, 2.24) is 15.6 Å². The van der Waals surface area contributed by atoms with Crippen LogP contribution in [0.4, 0.5) is 16.3 Å². The molecule has 2 aromatic rings. The van der Waals surface area contributed by atoms with Crippen molar-refractivity contribution in [3.05, 3.63) is 53.7 Å². The molecule has 1 atom stereocenters. The number of nitrogens with one attached hydrogen (secondary N) is 4. The number of nitrogens with two attached hydrogens (primary N) is 1. The summed E-state index contributed by atoms with van der Waals surface area (Å²) in [4.78, 5) is 16.0. The normalized spacial score (nSPS) is 12.8. The lowest BCUT2D eigenvalue weighted by molar-refractivity contribution is -0.451. The first-order chi connectivity index (χ1) is 13.4. The van der Waals surface area contributed by atoms with E-state index in [-0.39, 0.29) is 23.1 Å². The number of carbonyl (C=O) groups is 1. The van der Waals surface area contributed by atoms with Crippen molar-refractivity contribution in [2.24, 2.45) is 0 Å². The molecule has 156 valence electrons. The van der Waals surface area contributed by atoms with E-state index in [1.165, 1.54) is 6.07 Å². The van der Waals surface area contributed by atoms with Crippen LogP contribution in [0.15, 0.2) is 42.6 Å². The molecule has 2 rings (SSSR count). The number of amides is 2. The highest BCUT2D eigenvalue weighted by Crippen LogP contribution is 2.18. The molecule has 0 aliphatic carbocycles.